The van der Waals surface area contributed by atoms with Crippen LogP contribution < -0.4 is 4.31 Å². The molecule has 0 aliphatic carbocycles. The first-order valence-corrected chi connectivity index (χ1v) is 11.7. The first-order chi connectivity index (χ1) is 14.6. The van der Waals surface area contributed by atoms with Gasteiger partial charge in [0.2, 0.25) is 10.0 Å². The van der Waals surface area contributed by atoms with Gasteiger partial charge < -0.3 is 4.74 Å². The molecule has 0 amide bonds. The van der Waals surface area contributed by atoms with Crippen molar-refractivity contribution in [3.8, 4) is 0 Å². The predicted octanol–water partition coefficient (Wildman–Crippen LogP) is 3.93. The minimum atomic E-state index is -3.78. The average molecular weight is 443 g/mol. The van der Waals surface area contributed by atoms with Gasteiger partial charge >= 0.3 is 5.97 Å². The first-order valence-electron chi connectivity index (χ1n) is 9.88. The molecule has 0 saturated heterocycles. The lowest BCUT2D eigenvalue weighted by Gasteiger charge is -2.30. The number of para-hydroxylation sites is 1. The maximum atomic E-state index is 13.7. The van der Waals surface area contributed by atoms with E-state index in [1.807, 2.05) is 19.9 Å². The highest BCUT2D eigenvalue weighted by atomic mass is 32.2. The van der Waals surface area contributed by atoms with Gasteiger partial charge in [-0.3, -0.25) is 13.7 Å². The zero-order valence-corrected chi connectivity index (χ0v) is 19.1. The van der Waals surface area contributed by atoms with Crippen LogP contribution in [0.5, 0.6) is 0 Å². The van der Waals surface area contributed by atoms with Crippen molar-refractivity contribution in [1.29, 1.82) is 0 Å². The van der Waals surface area contributed by atoms with Crippen molar-refractivity contribution in [1.82, 2.24) is 4.57 Å². The zero-order chi connectivity index (χ0) is 22.9. The average Bonchev–Trinajstić information content (AvgIpc) is 3.08. The molecule has 31 heavy (non-hydrogen) atoms. The molecule has 0 aliphatic heterocycles. The summed E-state index contributed by atoms with van der Waals surface area (Å²) in [7, 11) is -2.50. The number of carbonyl (C=O) groups is 2. The van der Waals surface area contributed by atoms with E-state index >= 15 is 0 Å². The molecule has 1 heterocycles. The Hall–Kier alpha value is -3.13. The molecule has 3 rings (SSSR count). The maximum Gasteiger partial charge on any atom is 0.340 e. The summed E-state index contributed by atoms with van der Waals surface area (Å²) in [6.07, 6.45) is 2.76. The zero-order valence-electron chi connectivity index (χ0n) is 18.2. The van der Waals surface area contributed by atoms with Crippen LogP contribution in [-0.4, -0.2) is 44.3 Å². The van der Waals surface area contributed by atoms with Gasteiger partial charge in [0.1, 0.15) is 6.04 Å². The standard InChI is InChI=1S/C23H26N2O5S/c1-6-20(25(31(5,28)29)17-12-15(2)11-16(3)13-17)22(26)24-14-19(23(27)30-4)18-9-7-8-10-21(18)24/h7-14,20H,6H2,1-5H3/t20-/m0/s1. The lowest BCUT2D eigenvalue weighted by atomic mass is 10.1. The molecule has 0 radical (unpaired) electrons. The minimum absolute atomic E-state index is 0.249. The number of benzene rings is 2. The molecule has 0 unspecified atom stereocenters. The third-order valence-electron chi connectivity index (χ3n) is 5.13. The fourth-order valence-corrected chi connectivity index (χ4v) is 5.11. The second-order valence-electron chi connectivity index (χ2n) is 7.59. The van der Waals surface area contributed by atoms with Crippen LogP contribution in [0.4, 0.5) is 5.69 Å². The number of rotatable bonds is 6. The van der Waals surface area contributed by atoms with E-state index < -0.39 is 27.9 Å². The summed E-state index contributed by atoms with van der Waals surface area (Å²) in [4.78, 5) is 25.9. The van der Waals surface area contributed by atoms with E-state index in [-0.39, 0.29) is 12.0 Å². The molecule has 0 bridgehead atoms. The van der Waals surface area contributed by atoms with Crippen molar-refractivity contribution in [2.75, 3.05) is 17.7 Å². The highest BCUT2D eigenvalue weighted by Crippen LogP contribution is 2.28. The van der Waals surface area contributed by atoms with Gasteiger partial charge in [-0.05, 0) is 49.6 Å². The second-order valence-corrected chi connectivity index (χ2v) is 9.45. The van der Waals surface area contributed by atoms with Crippen LogP contribution in [0, 0.1) is 13.8 Å². The van der Waals surface area contributed by atoms with E-state index in [9.17, 15) is 18.0 Å². The summed E-state index contributed by atoms with van der Waals surface area (Å²) in [5.74, 6) is -1.01. The van der Waals surface area contributed by atoms with Gasteiger partial charge in [0.15, 0.2) is 0 Å². The smallest absolute Gasteiger partial charge is 0.340 e. The van der Waals surface area contributed by atoms with Crippen molar-refractivity contribution in [3.05, 3.63) is 65.4 Å². The third kappa shape index (κ3) is 4.34. The van der Waals surface area contributed by atoms with E-state index in [1.165, 1.54) is 22.2 Å². The molecule has 1 aromatic heterocycles. The molecular formula is C23H26N2O5S. The van der Waals surface area contributed by atoms with Crippen molar-refractivity contribution in [2.45, 2.75) is 33.2 Å². The summed E-state index contributed by atoms with van der Waals surface area (Å²) in [5, 5.41) is 0.565. The number of hydrogen-bond acceptors (Lipinski definition) is 5. The maximum absolute atomic E-state index is 13.7. The third-order valence-corrected chi connectivity index (χ3v) is 6.31. The number of anilines is 1. The molecule has 164 valence electrons. The lowest BCUT2D eigenvalue weighted by Crippen LogP contribution is -2.46. The molecule has 3 aromatic rings. The van der Waals surface area contributed by atoms with E-state index in [4.69, 9.17) is 4.74 Å². The fraction of sp³-hybridized carbons (Fsp3) is 0.304. The van der Waals surface area contributed by atoms with Crippen LogP contribution in [0.15, 0.2) is 48.7 Å². The molecule has 0 fully saturated rings. The summed E-state index contributed by atoms with van der Waals surface area (Å²) in [5.41, 5.74) is 2.99. The van der Waals surface area contributed by atoms with E-state index in [1.54, 1.807) is 43.3 Å². The minimum Gasteiger partial charge on any atom is -0.465 e. The monoisotopic (exact) mass is 442 g/mol. The van der Waals surface area contributed by atoms with Crippen LogP contribution in [0.25, 0.3) is 10.9 Å². The molecule has 0 saturated carbocycles. The summed E-state index contributed by atoms with van der Waals surface area (Å²) < 4.78 is 33.0. The Morgan fingerprint density at radius 3 is 2.26 bits per heavy atom. The van der Waals surface area contributed by atoms with Gasteiger partial charge in [0.25, 0.3) is 5.91 Å². The predicted molar refractivity (Wildman–Crippen MR) is 121 cm³/mol. The SMILES string of the molecule is CC[C@@H](C(=O)n1cc(C(=O)OC)c2ccccc21)N(c1cc(C)cc(C)c1)S(C)(=O)=O. The quantitative estimate of drug-likeness (QED) is 0.540. The molecule has 0 N–H and O–H groups in total. The van der Waals surface area contributed by atoms with Crippen LogP contribution in [-0.2, 0) is 14.8 Å². The summed E-state index contributed by atoms with van der Waals surface area (Å²) in [6.45, 7) is 5.51. The van der Waals surface area contributed by atoms with Gasteiger partial charge in [-0.2, -0.15) is 0 Å². The second kappa shape index (κ2) is 8.55. The van der Waals surface area contributed by atoms with E-state index in [0.717, 1.165) is 17.4 Å². The number of aryl methyl sites for hydroxylation is 2. The van der Waals surface area contributed by atoms with E-state index in [2.05, 4.69) is 0 Å². The van der Waals surface area contributed by atoms with Crippen molar-refractivity contribution in [2.24, 2.45) is 0 Å². The fourth-order valence-electron chi connectivity index (χ4n) is 3.92. The van der Waals surface area contributed by atoms with E-state index in [0.29, 0.717) is 16.6 Å². The Kier molecular flexibility index (Phi) is 6.22. The van der Waals surface area contributed by atoms with Crippen LogP contribution >= 0.6 is 0 Å². The Balaban J connectivity index is 2.19. The normalized spacial score (nSPS) is 12.5. The lowest BCUT2D eigenvalue weighted by molar-refractivity contribution is 0.0603. The van der Waals surface area contributed by atoms with Crippen LogP contribution in [0.3, 0.4) is 0 Å². The number of ether oxygens (including phenoxy) is 1. The van der Waals surface area contributed by atoms with Crippen molar-refractivity contribution in [3.63, 3.8) is 0 Å². The Bertz CT molecular complexity index is 1240. The molecular weight excluding hydrogens is 416 g/mol. The van der Waals surface area contributed by atoms with Crippen LogP contribution in [0.2, 0.25) is 0 Å². The number of methoxy groups -OCH3 is 1. The molecule has 0 spiro atoms. The van der Waals surface area contributed by atoms with Gasteiger partial charge in [0.05, 0.1) is 30.1 Å². The number of nitrogens with zero attached hydrogens (tertiary/aromatic N) is 2. The number of carbonyl (C=O) groups excluding carboxylic acids is 2. The molecule has 0 aliphatic rings. The topological polar surface area (TPSA) is 85.7 Å². The van der Waals surface area contributed by atoms with Crippen molar-refractivity contribution >= 4 is 38.5 Å². The molecule has 2 aromatic carbocycles. The van der Waals surface area contributed by atoms with Gasteiger partial charge in [-0.15, -0.1) is 0 Å². The number of hydrogen-bond donors (Lipinski definition) is 0. The highest BCUT2D eigenvalue weighted by Gasteiger charge is 2.34. The largest absolute Gasteiger partial charge is 0.465 e. The van der Waals surface area contributed by atoms with Crippen molar-refractivity contribution < 1.29 is 22.7 Å². The summed E-state index contributed by atoms with van der Waals surface area (Å²) >= 11 is 0. The Labute approximate surface area is 182 Å². The van der Waals surface area contributed by atoms with Gasteiger partial charge in [0, 0.05) is 11.6 Å². The number of esters is 1. The first kappa shape index (κ1) is 22.6. The number of aromatic nitrogens is 1. The number of sulfonamides is 1. The van der Waals surface area contributed by atoms with Gasteiger partial charge in [-0.1, -0.05) is 31.2 Å². The van der Waals surface area contributed by atoms with Crippen LogP contribution in [0.1, 0.15) is 39.6 Å². The molecule has 7 nitrogen and oxygen atoms in total. The molecule has 1 atom stereocenters. The van der Waals surface area contributed by atoms with Gasteiger partial charge in [-0.25, -0.2) is 13.2 Å². The highest BCUT2D eigenvalue weighted by molar-refractivity contribution is 7.92. The number of fused-ring (bicyclic) bond motifs is 1. The summed E-state index contributed by atoms with van der Waals surface area (Å²) in [6, 6.07) is 11.4. The Morgan fingerprint density at radius 2 is 1.71 bits per heavy atom. The Morgan fingerprint density at radius 1 is 1.10 bits per heavy atom. The molecule has 8 heteroatoms.